The highest BCUT2D eigenvalue weighted by molar-refractivity contribution is 7.87. The molecule has 164 valence electrons. The Hall–Kier alpha value is -2.99. The zero-order chi connectivity index (χ0) is 22.6. The highest BCUT2D eigenvalue weighted by atomic mass is 32.2. The van der Waals surface area contributed by atoms with Gasteiger partial charge in [-0.2, -0.15) is 8.42 Å². The summed E-state index contributed by atoms with van der Waals surface area (Å²) >= 11 is -2.74. The van der Waals surface area contributed by atoms with E-state index in [1.807, 2.05) is 29.0 Å². The average molecular weight is 463 g/mol. The molecule has 1 amide bonds. The number of carbonyl (C=O) groups excluding carboxylic acids is 1. The highest BCUT2D eigenvalue weighted by Gasteiger charge is 2.27. The van der Waals surface area contributed by atoms with Crippen molar-refractivity contribution in [3.05, 3.63) is 72.3 Å². The van der Waals surface area contributed by atoms with Gasteiger partial charge in [0, 0.05) is 30.4 Å². The first-order valence-electron chi connectivity index (χ1n) is 9.11. The number of likely N-dealkylation sites (N-methyl/N-ethyl adjacent to an activating group) is 1. The molecule has 0 radical (unpaired) electrons. The number of fused-ring (bicyclic) bond motifs is 1. The molecular formula is C20H20N3O6S2-. The van der Waals surface area contributed by atoms with Gasteiger partial charge in [0.15, 0.2) is 0 Å². The van der Waals surface area contributed by atoms with E-state index >= 15 is 0 Å². The van der Waals surface area contributed by atoms with Crippen molar-refractivity contribution in [1.82, 2.24) is 5.32 Å². The van der Waals surface area contributed by atoms with E-state index in [2.05, 4.69) is 5.32 Å². The van der Waals surface area contributed by atoms with E-state index in [0.29, 0.717) is 11.3 Å². The van der Waals surface area contributed by atoms with Crippen LogP contribution in [-0.4, -0.2) is 40.7 Å². The molecule has 3 aromatic carbocycles. The van der Waals surface area contributed by atoms with Crippen molar-refractivity contribution in [2.75, 3.05) is 16.1 Å². The lowest BCUT2D eigenvalue weighted by atomic mass is 10.0. The number of hydrogen-bond acceptors (Lipinski definition) is 5. The zero-order valence-electron chi connectivity index (χ0n) is 16.4. The van der Waals surface area contributed by atoms with Gasteiger partial charge in [-0.25, -0.2) is 0 Å². The Morgan fingerprint density at radius 2 is 1.74 bits per heavy atom. The average Bonchev–Trinajstić information content (AvgIpc) is 2.72. The Morgan fingerprint density at radius 3 is 2.32 bits per heavy atom. The molecule has 0 aromatic heterocycles. The molecule has 3 N–H and O–H groups in total. The molecule has 0 spiro atoms. The van der Waals surface area contributed by atoms with Crippen LogP contribution in [0.2, 0.25) is 0 Å². The van der Waals surface area contributed by atoms with Crippen LogP contribution in [0.5, 0.6) is 0 Å². The molecule has 9 nitrogen and oxygen atoms in total. The Bertz CT molecular complexity index is 1220. The second-order valence-electron chi connectivity index (χ2n) is 6.68. The van der Waals surface area contributed by atoms with Crippen molar-refractivity contribution in [2.45, 2.75) is 12.5 Å². The SMILES string of the molecule is CNC(=O)C(Cc1ccc(NS(=O)(=O)O)cc1)N(c1ccc2ccccc2c1)S(=O)[O-]. The topological polar surface area (TPSA) is 139 Å². The summed E-state index contributed by atoms with van der Waals surface area (Å²) in [5.41, 5.74) is 1.05. The van der Waals surface area contributed by atoms with Gasteiger partial charge in [0.25, 0.3) is 0 Å². The quantitative estimate of drug-likeness (QED) is 0.346. The summed E-state index contributed by atoms with van der Waals surface area (Å²) in [6, 6.07) is 17.4. The fourth-order valence-electron chi connectivity index (χ4n) is 3.21. The maximum absolute atomic E-state index is 12.6. The molecule has 0 saturated heterocycles. The van der Waals surface area contributed by atoms with E-state index in [9.17, 15) is 22.0 Å². The second-order valence-corrected chi connectivity index (χ2v) is 8.66. The summed E-state index contributed by atoms with van der Waals surface area (Å²) in [5.74, 6) is -0.502. The lowest BCUT2D eigenvalue weighted by Gasteiger charge is -2.33. The van der Waals surface area contributed by atoms with Gasteiger partial charge < -0.3 is 9.87 Å². The molecule has 2 unspecified atom stereocenters. The smallest absolute Gasteiger partial charge is 0.357 e. The molecule has 0 bridgehead atoms. The van der Waals surface area contributed by atoms with Gasteiger partial charge in [-0.1, -0.05) is 42.5 Å². The largest absolute Gasteiger partial charge is 0.755 e. The van der Waals surface area contributed by atoms with Crippen LogP contribution < -0.4 is 14.3 Å². The van der Waals surface area contributed by atoms with Crippen molar-refractivity contribution < 1.29 is 26.5 Å². The predicted octanol–water partition coefficient (Wildman–Crippen LogP) is 2.01. The number of benzene rings is 3. The maximum Gasteiger partial charge on any atom is 0.357 e. The third-order valence-electron chi connectivity index (χ3n) is 4.61. The number of rotatable bonds is 8. The third-order valence-corrected chi connectivity index (χ3v) is 5.89. The molecule has 11 heteroatoms. The molecule has 31 heavy (non-hydrogen) atoms. The molecule has 0 aliphatic carbocycles. The predicted molar refractivity (Wildman–Crippen MR) is 119 cm³/mol. The molecule has 0 heterocycles. The normalized spacial score (nSPS) is 13.4. The summed E-state index contributed by atoms with van der Waals surface area (Å²) in [5, 5.41) is 4.25. The van der Waals surface area contributed by atoms with Crippen LogP contribution in [-0.2, 0) is 32.8 Å². The lowest BCUT2D eigenvalue weighted by molar-refractivity contribution is -0.121. The van der Waals surface area contributed by atoms with Gasteiger partial charge in [-0.3, -0.25) is 22.6 Å². The minimum absolute atomic E-state index is 0.0344. The fourth-order valence-corrected chi connectivity index (χ4v) is 4.31. The third kappa shape index (κ3) is 5.79. The first-order valence-corrected chi connectivity index (χ1v) is 11.6. The fraction of sp³-hybridized carbons (Fsp3) is 0.150. The van der Waals surface area contributed by atoms with Gasteiger partial charge in [-0.15, -0.1) is 0 Å². The molecule has 2 atom stereocenters. The molecule has 3 rings (SSSR count). The molecule has 0 fully saturated rings. The maximum atomic E-state index is 12.6. The van der Waals surface area contributed by atoms with Gasteiger partial charge in [-0.05, 0) is 40.6 Å². The van der Waals surface area contributed by atoms with Gasteiger partial charge >= 0.3 is 10.3 Å². The second kappa shape index (κ2) is 9.43. The molecule has 0 aliphatic heterocycles. The highest BCUT2D eigenvalue weighted by Crippen LogP contribution is 2.26. The number of nitrogens with zero attached hydrogens (tertiary/aromatic N) is 1. The number of amides is 1. The Balaban J connectivity index is 1.95. The molecule has 0 saturated carbocycles. The van der Waals surface area contributed by atoms with Crippen LogP contribution in [0.1, 0.15) is 5.56 Å². The van der Waals surface area contributed by atoms with Crippen LogP contribution in [0.4, 0.5) is 11.4 Å². The van der Waals surface area contributed by atoms with E-state index < -0.39 is 33.5 Å². The number of carbonyl (C=O) groups is 1. The van der Waals surface area contributed by atoms with E-state index in [1.165, 1.54) is 31.3 Å². The van der Waals surface area contributed by atoms with E-state index in [-0.39, 0.29) is 12.1 Å². The van der Waals surface area contributed by atoms with Crippen LogP contribution in [0.15, 0.2) is 66.7 Å². The first-order chi connectivity index (χ1) is 14.7. The first kappa shape index (κ1) is 22.7. The van der Waals surface area contributed by atoms with Gasteiger partial charge in [0.1, 0.15) is 6.04 Å². The molecule has 3 aromatic rings. The van der Waals surface area contributed by atoms with Gasteiger partial charge in [0.2, 0.25) is 5.91 Å². The summed E-state index contributed by atoms with van der Waals surface area (Å²) in [6.45, 7) is 0. The Labute approximate surface area is 182 Å². The Morgan fingerprint density at radius 1 is 1.10 bits per heavy atom. The summed E-state index contributed by atoms with van der Waals surface area (Å²) in [4.78, 5) is 12.6. The Kier molecular flexibility index (Phi) is 6.91. The molecule has 0 aliphatic rings. The van der Waals surface area contributed by atoms with Crippen molar-refractivity contribution in [3.8, 4) is 0 Å². The standard InChI is InChI=1S/C20H21N3O6S2/c1-21-20(24)19(12-14-6-9-17(10-7-14)22-31(27,28)29)23(30(25)26)18-11-8-15-4-2-3-5-16(15)13-18/h2-11,13,19,22H,12H2,1H3,(H,21,24)(H,25,26)(H,27,28,29)/p-1. The van der Waals surface area contributed by atoms with Crippen molar-refractivity contribution in [1.29, 1.82) is 0 Å². The van der Waals surface area contributed by atoms with Crippen molar-refractivity contribution in [2.24, 2.45) is 0 Å². The number of hydrogen-bond donors (Lipinski definition) is 3. The van der Waals surface area contributed by atoms with Crippen LogP contribution >= 0.6 is 0 Å². The summed E-state index contributed by atoms with van der Waals surface area (Å²) in [6.07, 6.45) is 0.0344. The number of nitrogens with one attached hydrogen (secondary N) is 2. The summed E-state index contributed by atoms with van der Waals surface area (Å²) in [7, 11) is -3.00. The number of anilines is 2. The van der Waals surface area contributed by atoms with Crippen molar-refractivity contribution >= 4 is 49.6 Å². The van der Waals surface area contributed by atoms with E-state index in [4.69, 9.17) is 4.55 Å². The van der Waals surface area contributed by atoms with Crippen LogP contribution in [0, 0.1) is 0 Å². The lowest BCUT2D eigenvalue weighted by Crippen LogP contribution is -2.48. The summed E-state index contributed by atoms with van der Waals surface area (Å²) < 4.78 is 57.9. The van der Waals surface area contributed by atoms with Crippen LogP contribution in [0.3, 0.4) is 0 Å². The molecular weight excluding hydrogens is 442 g/mol. The minimum Gasteiger partial charge on any atom is -0.755 e. The van der Waals surface area contributed by atoms with Crippen LogP contribution in [0.25, 0.3) is 10.8 Å². The monoisotopic (exact) mass is 462 g/mol. The zero-order valence-corrected chi connectivity index (χ0v) is 18.0. The minimum atomic E-state index is -4.41. The van der Waals surface area contributed by atoms with Crippen molar-refractivity contribution in [3.63, 3.8) is 0 Å². The van der Waals surface area contributed by atoms with E-state index in [1.54, 1.807) is 18.2 Å². The van der Waals surface area contributed by atoms with Gasteiger partial charge in [0.05, 0.1) is 5.69 Å². The van der Waals surface area contributed by atoms with E-state index in [0.717, 1.165) is 15.1 Å².